The molecule has 5 nitrogen and oxygen atoms in total. The summed E-state index contributed by atoms with van der Waals surface area (Å²) in [5.41, 5.74) is 7.13. The Morgan fingerprint density at radius 1 is 1.61 bits per heavy atom. The Hall–Kier alpha value is -1.62. The van der Waals surface area contributed by atoms with Gasteiger partial charge in [-0.05, 0) is 37.8 Å². The second-order valence-electron chi connectivity index (χ2n) is 4.88. The van der Waals surface area contributed by atoms with Crippen LogP contribution in [-0.4, -0.2) is 35.6 Å². The van der Waals surface area contributed by atoms with Gasteiger partial charge in [-0.2, -0.15) is 0 Å². The van der Waals surface area contributed by atoms with Crippen molar-refractivity contribution >= 4 is 11.7 Å². The van der Waals surface area contributed by atoms with Crippen LogP contribution >= 0.6 is 0 Å². The number of hydrogen-bond donors (Lipinski definition) is 3. The number of anilines is 1. The minimum Gasteiger partial charge on any atom is -0.396 e. The summed E-state index contributed by atoms with van der Waals surface area (Å²) in [5, 5.41) is 16.5. The van der Waals surface area contributed by atoms with Crippen LogP contribution in [0.15, 0.2) is 12.1 Å². The fraction of sp³-hybridized carbons (Fsp3) is 0.538. The second-order valence-corrected chi connectivity index (χ2v) is 4.88. The fourth-order valence-corrected chi connectivity index (χ4v) is 2.43. The molecule has 1 aromatic heterocycles. The average Bonchev–Trinajstić information content (AvgIpc) is 2.77. The molecule has 0 aromatic carbocycles. The Balaban J connectivity index is 2.16. The third-order valence-electron chi connectivity index (χ3n) is 3.40. The lowest BCUT2D eigenvalue weighted by atomic mass is 10.1. The van der Waals surface area contributed by atoms with Gasteiger partial charge in [-0.15, -0.1) is 0 Å². The van der Waals surface area contributed by atoms with Crippen LogP contribution in [0.2, 0.25) is 0 Å². The number of nitrogens with zero attached hydrogens (tertiary/aromatic N) is 2. The van der Waals surface area contributed by atoms with Crippen molar-refractivity contribution in [3.8, 4) is 0 Å². The van der Waals surface area contributed by atoms with Crippen molar-refractivity contribution in [1.29, 1.82) is 5.41 Å². The number of rotatable bonds is 4. The molecule has 1 aliphatic rings. The van der Waals surface area contributed by atoms with Crippen molar-refractivity contribution in [3.63, 3.8) is 0 Å². The molecule has 2 heterocycles. The molecule has 18 heavy (non-hydrogen) atoms. The molecule has 0 bridgehead atoms. The number of pyridine rings is 1. The monoisotopic (exact) mass is 248 g/mol. The van der Waals surface area contributed by atoms with E-state index in [4.69, 9.17) is 16.2 Å². The first-order chi connectivity index (χ1) is 8.60. The number of aliphatic hydroxyl groups is 1. The Bertz CT molecular complexity index is 447. The normalized spacial score (nSPS) is 19.2. The SMILES string of the molecule is Cc1cc(C(=N)N)cc(N2CCC(CCO)C2)n1. The molecule has 0 saturated carbocycles. The van der Waals surface area contributed by atoms with Crippen molar-refractivity contribution in [2.75, 3.05) is 24.6 Å². The molecule has 0 spiro atoms. The highest BCUT2D eigenvalue weighted by molar-refractivity contribution is 5.95. The number of aryl methyl sites for hydroxylation is 1. The molecule has 4 N–H and O–H groups in total. The number of hydrogen-bond acceptors (Lipinski definition) is 4. The highest BCUT2D eigenvalue weighted by Gasteiger charge is 2.23. The first kappa shape index (κ1) is 12.8. The predicted octanol–water partition coefficient (Wildman–Crippen LogP) is 0.883. The van der Waals surface area contributed by atoms with Crippen LogP contribution in [0.1, 0.15) is 24.1 Å². The molecule has 1 fully saturated rings. The minimum atomic E-state index is 0.0767. The van der Waals surface area contributed by atoms with Gasteiger partial charge in [0.25, 0.3) is 0 Å². The van der Waals surface area contributed by atoms with E-state index in [1.54, 1.807) is 0 Å². The van der Waals surface area contributed by atoms with E-state index in [0.29, 0.717) is 5.92 Å². The maximum absolute atomic E-state index is 8.97. The summed E-state index contributed by atoms with van der Waals surface area (Å²) >= 11 is 0. The van der Waals surface area contributed by atoms with Crippen LogP contribution in [0.5, 0.6) is 0 Å². The van der Waals surface area contributed by atoms with E-state index < -0.39 is 0 Å². The van der Waals surface area contributed by atoms with Gasteiger partial charge in [0.05, 0.1) is 0 Å². The quantitative estimate of drug-likeness (QED) is 0.545. The molecule has 1 saturated heterocycles. The molecule has 0 aliphatic carbocycles. The van der Waals surface area contributed by atoms with E-state index in [1.807, 2.05) is 19.1 Å². The van der Waals surface area contributed by atoms with Gasteiger partial charge in [0.2, 0.25) is 0 Å². The van der Waals surface area contributed by atoms with Gasteiger partial charge >= 0.3 is 0 Å². The van der Waals surface area contributed by atoms with Crippen LogP contribution in [0.4, 0.5) is 5.82 Å². The fourth-order valence-electron chi connectivity index (χ4n) is 2.43. The average molecular weight is 248 g/mol. The Morgan fingerprint density at radius 2 is 2.39 bits per heavy atom. The molecule has 1 atom stereocenters. The van der Waals surface area contributed by atoms with Gasteiger partial charge in [-0.1, -0.05) is 0 Å². The summed E-state index contributed by atoms with van der Waals surface area (Å²) in [6, 6.07) is 3.70. The van der Waals surface area contributed by atoms with Gasteiger partial charge in [-0.3, -0.25) is 5.41 Å². The van der Waals surface area contributed by atoms with Crippen LogP contribution in [-0.2, 0) is 0 Å². The summed E-state index contributed by atoms with van der Waals surface area (Å²) in [6.07, 6.45) is 1.94. The lowest BCUT2D eigenvalue weighted by molar-refractivity contribution is 0.263. The number of amidine groups is 1. The van der Waals surface area contributed by atoms with Crippen molar-refractivity contribution in [2.24, 2.45) is 11.7 Å². The highest BCUT2D eigenvalue weighted by atomic mass is 16.3. The van der Waals surface area contributed by atoms with E-state index in [1.165, 1.54) is 0 Å². The largest absolute Gasteiger partial charge is 0.396 e. The lowest BCUT2D eigenvalue weighted by Gasteiger charge is -2.18. The second kappa shape index (κ2) is 5.35. The van der Waals surface area contributed by atoms with Crippen LogP contribution < -0.4 is 10.6 Å². The number of aromatic nitrogens is 1. The van der Waals surface area contributed by atoms with E-state index in [2.05, 4.69) is 9.88 Å². The molecule has 0 radical (unpaired) electrons. The van der Waals surface area contributed by atoms with Crippen LogP contribution in [0.3, 0.4) is 0 Å². The minimum absolute atomic E-state index is 0.0767. The Morgan fingerprint density at radius 3 is 3.06 bits per heavy atom. The Labute approximate surface area is 107 Å². The summed E-state index contributed by atoms with van der Waals surface area (Å²) in [6.45, 7) is 4.04. The zero-order chi connectivity index (χ0) is 13.1. The van der Waals surface area contributed by atoms with Gasteiger partial charge in [-0.25, -0.2) is 4.98 Å². The molecule has 5 heteroatoms. The predicted molar refractivity (Wildman–Crippen MR) is 72.0 cm³/mol. The molecule has 1 aromatic rings. The summed E-state index contributed by atoms with van der Waals surface area (Å²) < 4.78 is 0. The van der Waals surface area contributed by atoms with Gasteiger partial charge in [0.1, 0.15) is 11.7 Å². The third-order valence-corrected chi connectivity index (χ3v) is 3.40. The number of nitrogens with one attached hydrogen (secondary N) is 1. The standard InChI is InChI=1S/C13H20N4O/c1-9-6-11(13(14)15)7-12(16-9)17-4-2-10(8-17)3-5-18/h6-7,10,18H,2-5,8H2,1H3,(H3,14,15). The molecule has 98 valence electrons. The number of nitrogens with two attached hydrogens (primary N) is 1. The molecular formula is C13H20N4O. The zero-order valence-electron chi connectivity index (χ0n) is 10.7. The zero-order valence-corrected chi connectivity index (χ0v) is 10.7. The van der Waals surface area contributed by atoms with E-state index >= 15 is 0 Å². The molecule has 2 rings (SSSR count). The van der Waals surface area contributed by atoms with E-state index in [9.17, 15) is 0 Å². The van der Waals surface area contributed by atoms with Crippen LogP contribution in [0, 0.1) is 18.3 Å². The summed E-state index contributed by atoms with van der Waals surface area (Å²) in [4.78, 5) is 6.71. The smallest absolute Gasteiger partial charge is 0.129 e. The van der Waals surface area contributed by atoms with Crippen LogP contribution in [0.25, 0.3) is 0 Å². The van der Waals surface area contributed by atoms with Crippen molar-refractivity contribution < 1.29 is 5.11 Å². The van der Waals surface area contributed by atoms with Gasteiger partial charge < -0.3 is 15.7 Å². The van der Waals surface area contributed by atoms with Gasteiger partial charge in [0.15, 0.2) is 0 Å². The molecule has 0 amide bonds. The third kappa shape index (κ3) is 2.79. The first-order valence-electron chi connectivity index (χ1n) is 6.29. The Kier molecular flexibility index (Phi) is 3.81. The molecule has 1 aliphatic heterocycles. The maximum atomic E-state index is 8.97. The molecule has 1 unspecified atom stereocenters. The van der Waals surface area contributed by atoms with Crippen molar-refractivity contribution in [1.82, 2.24) is 4.98 Å². The topological polar surface area (TPSA) is 86.2 Å². The molecular weight excluding hydrogens is 228 g/mol. The lowest BCUT2D eigenvalue weighted by Crippen LogP contribution is -2.22. The van der Waals surface area contributed by atoms with E-state index in [0.717, 1.165) is 43.0 Å². The van der Waals surface area contributed by atoms with Gasteiger partial charge in [0, 0.05) is 31.0 Å². The van der Waals surface area contributed by atoms with Crippen molar-refractivity contribution in [2.45, 2.75) is 19.8 Å². The summed E-state index contributed by atoms with van der Waals surface area (Å²) in [7, 11) is 0. The number of aliphatic hydroxyl groups excluding tert-OH is 1. The first-order valence-corrected chi connectivity index (χ1v) is 6.29. The van der Waals surface area contributed by atoms with E-state index in [-0.39, 0.29) is 12.4 Å². The highest BCUT2D eigenvalue weighted by Crippen LogP contribution is 2.25. The number of nitrogen functional groups attached to an aromatic ring is 1. The summed E-state index contributed by atoms with van der Waals surface area (Å²) in [5.74, 6) is 1.51. The van der Waals surface area contributed by atoms with Crippen molar-refractivity contribution in [3.05, 3.63) is 23.4 Å². The maximum Gasteiger partial charge on any atom is 0.129 e.